The Hall–Kier alpha value is -0.800. The molecular weight excluding hydrogens is 164 g/mol. The first-order chi connectivity index (χ1) is 6.29. The molecule has 1 heterocycles. The molecule has 3 N–H and O–H groups in total. The Morgan fingerprint density at radius 1 is 1.69 bits per heavy atom. The van der Waals surface area contributed by atoms with E-state index in [-0.39, 0.29) is 6.04 Å². The van der Waals surface area contributed by atoms with E-state index in [4.69, 9.17) is 10.3 Å². The Labute approximate surface area is 78.3 Å². The summed E-state index contributed by atoms with van der Waals surface area (Å²) in [5.74, 6) is 7.32. The lowest BCUT2D eigenvalue weighted by Gasteiger charge is -2.12. The van der Waals surface area contributed by atoms with Gasteiger partial charge in [0.15, 0.2) is 0 Å². The van der Waals surface area contributed by atoms with Crippen LogP contribution in [0.5, 0.6) is 0 Å². The number of nitrogens with one attached hydrogen (secondary N) is 1. The van der Waals surface area contributed by atoms with E-state index in [1.165, 1.54) is 18.4 Å². The van der Waals surface area contributed by atoms with E-state index >= 15 is 0 Å². The molecule has 1 fully saturated rings. The van der Waals surface area contributed by atoms with Gasteiger partial charge in [-0.2, -0.15) is 0 Å². The van der Waals surface area contributed by atoms with Crippen molar-refractivity contribution in [3.8, 4) is 0 Å². The SMILES string of the molecule is Cc1cc(C(CC2CC2)NN)co1. The third-order valence-corrected chi connectivity index (χ3v) is 2.62. The van der Waals surface area contributed by atoms with Crippen molar-refractivity contribution in [1.29, 1.82) is 0 Å². The number of hydrazine groups is 1. The van der Waals surface area contributed by atoms with Crippen LogP contribution in [0.3, 0.4) is 0 Å². The van der Waals surface area contributed by atoms with Crippen LogP contribution >= 0.6 is 0 Å². The Kier molecular flexibility index (Phi) is 2.38. The zero-order valence-electron chi connectivity index (χ0n) is 7.92. The Morgan fingerprint density at radius 3 is 2.92 bits per heavy atom. The van der Waals surface area contributed by atoms with Crippen molar-refractivity contribution in [2.24, 2.45) is 11.8 Å². The van der Waals surface area contributed by atoms with Gasteiger partial charge in [-0.1, -0.05) is 12.8 Å². The topological polar surface area (TPSA) is 51.2 Å². The lowest BCUT2D eigenvalue weighted by atomic mass is 10.0. The summed E-state index contributed by atoms with van der Waals surface area (Å²) in [5, 5.41) is 0. The van der Waals surface area contributed by atoms with Gasteiger partial charge in [-0.15, -0.1) is 0 Å². The molecule has 0 aromatic carbocycles. The van der Waals surface area contributed by atoms with Crippen LogP contribution in [0.1, 0.15) is 36.6 Å². The highest BCUT2D eigenvalue weighted by atomic mass is 16.3. The molecule has 3 nitrogen and oxygen atoms in total. The van der Waals surface area contributed by atoms with E-state index in [2.05, 4.69) is 5.43 Å². The van der Waals surface area contributed by atoms with Gasteiger partial charge in [0.05, 0.1) is 6.26 Å². The number of rotatable bonds is 4. The minimum atomic E-state index is 0.268. The molecule has 0 spiro atoms. The molecule has 1 aliphatic rings. The maximum absolute atomic E-state index is 5.50. The molecule has 1 aromatic rings. The fourth-order valence-corrected chi connectivity index (χ4v) is 1.63. The van der Waals surface area contributed by atoms with Gasteiger partial charge in [0.1, 0.15) is 5.76 Å². The van der Waals surface area contributed by atoms with E-state index < -0.39 is 0 Å². The molecular formula is C10H16N2O. The molecule has 1 unspecified atom stereocenters. The minimum absolute atomic E-state index is 0.268. The summed E-state index contributed by atoms with van der Waals surface area (Å²) in [6.45, 7) is 1.95. The quantitative estimate of drug-likeness (QED) is 0.549. The highest BCUT2D eigenvalue weighted by Crippen LogP contribution is 2.37. The maximum atomic E-state index is 5.50. The second kappa shape index (κ2) is 3.52. The average molecular weight is 180 g/mol. The van der Waals surface area contributed by atoms with Crippen LogP contribution < -0.4 is 11.3 Å². The molecule has 2 rings (SSSR count). The number of furan rings is 1. The fraction of sp³-hybridized carbons (Fsp3) is 0.600. The van der Waals surface area contributed by atoms with Crippen molar-refractivity contribution in [3.05, 3.63) is 23.7 Å². The summed E-state index contributed by atoms with van der Waals surface area (Å²) in [7, 11) is 0. The third kappa shape index (κ3) is 2.11. The Bertz CT molecular complexity index is 278. The molecule has 3 heteroatoms. The number of nitrogens with two attached hydrogens (primary N) is 1. The molecule has 0 amide bonds. The molecule has 72 valence electrons. The first-order valence-electron chi connectivity index (χ1n) is 4.80. The highest BCUT2D eigenvalue weighted by Gasteiger charge is 2.26. The number of aryl methyl sites for hydroxylation is 1. The summed E-state index contributed by atoms with van der Waals surface area (Å²) in [6.07, 6.45) is 5.64. The standard InChI is InChI=1S/C10H16N2O/c1-7-4-9(6-13-7)10(12-11)5-8-2-3-8/h4,6,8,10,12H,2-3,5,11H2,1H3. The smallest absolute Gasteiger partial charge is 0.101 e. The van der Waals surface area contributed by atoms with E-state index in [1.54, 1.807) is 6.26 Å². The summed E-state index contributed by atoms with van der Waals surface area (Å²) < 4.78 is 5.25. The molecule has 0 saturated heterocycles. The fourth-order valence-electron chi connectivity index (χ4n) is 1.63. The Balaban J connectivity index is 2.01. The van der Waals surface area contributed by atoms with Gasteiger partial charge in [0, 0.05) is 11.6 Å². The Morgan fingerprint density at radius 2 is 2.46 bits per heavy atom. The second-order valence-electron chi connectivity index (χ2n) is 3.89. The summed E-state index contributed by atoms with van der Waals surface area (Å²) in [5.41, 5.74) is 4.02. The monoisotopic (exact) mass is 180 g/mol. The van der Waals surface area contributed by atoms with Crippen LogP contribution in [0.2, 0.25) is 0 Å². The van der Waals surface area contributed by atoms with Gasteiger partial charge in [0.2, 0.25) is 0 Å². The molecule has 0 radical (unpaired) electrons. The molecule has 1 aliphatic carbocycles. The molecule has 13 heavy (non-hydrogen) atoms. The van der Waals surface area contributed by atoms with Gasteiger partial charge in [-0.25, -0.2) is 0 Å². The molecule has 0 bridgehead atoms. The maximum Gasteiger partial charge on any atom is 0.101 e. The van der Waals surface area contributed by atoms with Gasteiger partial charge in [0.25, 0.3) is 0 Å². The normalized spacial score (nSPS) is 18.9. The van der Waals surface area contributed by atoms with Crippen molar-refractivity contribution in [1.82, 2.24) is 5.43 Å². The predicted molar refractivity (Wildman–Crippen MR) is 50.9 cm³/mol. The van der Waals surface area contributed by atoms with E-state index in [9.17, 15) is 0 Å². The number of hydrogen-bond acceptors (Lipinski definition) is 3. The van der Waals surface area contributed by atoms with Crippen LogP contribution in [0.15, 0.2) is 16.7 Å². The van der Waals surface area contributed by atoms with Gasteiger partial charge in [-0.05, 0) is 25.3 Å². The van der Waals surface area contributed by atoms with Crippen LogP contribution in [-0.2, 0) is 0 Å². The van der Waals surface area contributed by atoms with Crippen molar-refractivity contribution >= 4 is 0 Å². The zero-order valence-corrected chi connectivity index (χ0v) is 7.92. The van der Waals surface area contributed by atoms with Crippen LogP contribution in [0.4, 0.5) is 0 Å². The zero-order chi connectivity index (χ0) is 9.26. The largest absolute Gasteiger partial charge is 0.469 e. The van der Waals surface area contributed by atoms with Crippen molar-refractivity contribution < 1.29 is 4.42 Å². The number of hydrogen-bond donors (Lipinski definition) is 2. The average Bonchev–Trinajstić information content (AvgIpc) is 2.84. The second-order valence-corrected chi connectivity index (χ2v) is 3.89. The highest BCUT2D eigenvalue weighted by molar-refractivity contribution is 5.16. The van der Waals surface area contributed by atoms with E-state index in [1.807, 2.05) is 13.0 Å². The molecule has 1 saturated carbocycles. The van der Waals surface area contributed by atoms with E-state index in [0.717, 1.165) is 18.1 Å². The summed E-state index contributed by atoms with van der Waals surface area (Å²) in [4.78, 5) is 0. The summed E-state index contributed by atoms with van der Waals surface area (Å²) in [6, 6.07) is 2.32. The van der Waals surface area contributed by atoms with Gasteiger partial charge >= 0.3 is 0 Å². The molecule has 1 aromatic heterocycles. The van der Waals surface area contributed by atoms with E-state index in [0.29, 0.717) is 0 Å². The van der Waals surface area contributed by atoms with Crippen molar-refractivity contribution in [2.45, 2.75) is 32.2 Å². The predicted octanol–water partition coefficient (Wildman–Crippen LogP) is 1.89. The summed E-state index contributed by atoms with van der Waals surface area (Å²) >= 11 is 0. The minimum Gasteiger partial charge on any atom is -0.469 e. The molecule has 1 atom stereocenters. The third-order valence-electron chi connectivity index (χ3n) is 2.62. The van der Waals surface area contributed by atoms with Crippen LogP contribution in [0, 0.1) is 12.8 Å². The first kappa shape index (κ1) is 8.78. The van der Waals surface area contributed by atoms with Crippen molar-refractivity contribution in [3.63, 3.8) is 0 Å². The van der Waals surface area contributed by atoms with Crippen LogP contribution in [0.25, 0.3) is 0 Å². The van der Waals surface area contributed by atoms with Gasteiger partial charge in [-0.3, -0.25) is 11.3 Å². The first-order valence-corrected chi connectivity index (χ1v) is 4.80. The lowest BCUT2D eigenvalue weighted by molar-refractivity contribution is 0.475. The van der Waals surface area contributed by atoms with Crippen LogP contribution in [-0.4, -0.2) is 0 Å². The lowest BCUT2D eigenvalue weighted by Crippen LogP contribution is -2.28. The molecule has 0 aliphatic heterocycles. The van der Waals surface area contributed by atoms with Crippen molar-refractivity contribution in [2.75, 3.05) is 0 Å². The van der Waals surface area contributed by atoms with Gasteiger partial charge < -0.3 is 4.42 Å².